The first kappa shape index (κ1) is 18.1. The molecule has 0 aliphatic rings. The van der Waals surface area contributed by atoms with Crippen LogP contribution in [0, 0.1) is 6.92 Å². The fourth-order valence-electron chi connectivity index (χ4n) is 2.63. The van der Waals surface area contributed by atoms with Crippen LogP contribution in [0.2, 0.25) is 0 Å². The summed E-state index contributed by atoms with van der Waals surface area (Å²) in [4.78, 5) is 17.0. The lowest BCUT2D eigenvalue weighted by Crippen LogP contribution is -2.11. The average molecular weight is 366 g/mol. The van der Waals surface area contributed by atoms with Crippen LogP contribution in [0.1, 0.15) is 34.6 Å². The molecular formula is C21H22N2O2S. The van der Waals surface area contributed by atoms with Crippen molar-refractivity contribution >= 4 is 33.1 Å². The summed E-state index contributed by atoms with van der Waals surface area (Å²) in [5.41, 5.74) is 2.27. The standard InChI is InChI=1S/C21H22N2O2S/c1-3-4-5-6-12-25-18-9-7-8-17(14-18)23-21(24)16-10-11-19-20(13-16)26-15(2)22-19/h3,7-11,13-14H,1,4-6,12H2,2H3,(H,23,24). The van der Waals surface area contributed by atoms with Crippen LogP contribution in [-0.4, -0.2) is 17.5 Å². The fraction of sp³-hybridized carbons (Fsp3) is 0.238. The topological polar surface area (TPSA) is 51.2 Å². The monoisotopic (exact) mass is 366 g/mol. The molecule has 5 heteroatoms. The second-order valence-electron chi connectivity index (χ2n) is 6.03. The van der Waals surface area contributed by atoms with Gasteiger partial charge >= 0.3 is 0 Å². The summed E-state index contributed by atoms with van der Waals surface area (Å²) in [5.74, 6) is 0.621. The van der Waals surface area contributed by atoms with Gasteiger partial charge in [-0.15, -0.1) is 17.9 Å². The molecule has 4 nitrogen and oxygen atoms in total. The van der Waals surface area contributed by atoms with E-state index < -0.39 is 0 Å². The van der Waals surface area contributed by atoms with Crippen LogP contribution in [-0.2, 0) is 0 Å². The van der Waals surface area contributed by atoms with Crippen molar-refractivity contribution < 1.29 is 9.53 Å². The van der Waals surface area contributed by atoms with Gasteiger partial charge in [0.05, 0.1) is 21.8 Å². The summed E-state index contributed by atoms with van der Waals surface area (Å²) < 4.78 is 6.77. The minimum atomic E-state index is -0.138. The quantitative estimate of drug-likeness (QED) is 0.417. The van der Waals surface area contributed by atoms with Gasteiger partial charge < -0.3 is 10.1 Å². The number of carbonyl (C=O) groups is 1. The Morgan fingerprint density at radius 2 is 2.15 bits per heavy atom. The lowest BCUT2D eigenvalue weighted by Gasteiger charge is -2.09. The first-order valence-corrected chi connectivity index (χ1v) is 9.49. The number of unbranched alkanes of at least 4 members (excludes halogenated alkanes) is 2. The molecule has 0 atom stereocenters. The number of anilines is 1. The van der Waals surface area contributed by atoms with Gasteiger partial charge in [0.1, 0.15) is 5.75 Å². The Labute approximate surface area is 157 Å². The van der Waals surface area contributed by atoms with E-state index in [1.165, 1.54) is 0 Å². The van der Waals surface area contributed by atoms with Gasteiger partial charge in [-0.1, -0.05) is 12.1 Å². The molecule has 1 heterocycles. The second kappa shape index (κ2) is 8.63. The molecule has 1 amide bonds. The summed E-state index contributed by atoms with van der Waals surface area (Å²) in [5, 5.41) is 3.93. The maximum Gasteiger partial charge on any atom is 0.255 e. The van der Waals surface area contributed by atoms with Gasteiger partial charge in [0.2, 0.25) is 0 Å². The highest BCUT2D eigenvalue weighted by Gasteiger charge is 2.09. The molecule has 0 spiro atoms. The number of rotatable bonds is 8. The van der Waals surface area contributed by atoms with E-state index in [1.54, 1.807) is 17.4 Å². The SMILES string of the molecule is C=CCCCCOc1cccc(NC(=O)c2ccc3nc(C)sc3c2)c1. The van der Waals surface area contributed by atoms with Crippen molar-refractivity contribution in [3.63, 3.8) is 0 Å². The van der Waals surface area contributed by atoms with Gasteiger partial charge in [0.25, 0.3) is 5.91 Å². The van der Waals surface area contributed by atoms with E-state index in [9.17, 15) is 4.79 Å². The van der Waals surface area contributed by atoms with Crippen molar-refractivity contribution in [3.8, 4) is 5.75 Å². The van der Waals surface area contributed by atoms with Crippen molar-refractivity contribution in [2.75, 3.05) is 11.9 Å². The van der Waals surface area contributed by atoms with Crippen LogP contribution in [0.4, 0.5) is 5.69 Å². The Kier molecular flexibility index (Phi) is 6.02. The number of aryl methyl sites for hydroxylation is 1. The third kappa shape index (κ3) is 4.70. The number of nitrogens with zero attached hydrogens (tertiary/aromatic N) is 1. The predicted molar refractivity (Wildman–Crippen MR) is 108 cm³/mol. The molecule has 134 valence electrons. The number of allylic oxidation sites excluding steroid dienone is 1. The number of nitrogens with one attached hydrogen (secondary N) is 1. The Morgan fingerprint density at radius 1 is 1.27 bits per heavy atom. The van der Waals surface area contributed by atoms with E-state index in [2.05, 4.69) is 16.9 Å². The summed E-state index contributed by atoms with van der Waals surface area (Å²) in [6.45, 7) is 6.34. The van der Waals surface area contributed by atoms with E-state index in [-0.39, 0.29) is 5.91 Å². The number of carbonyl (C=O) groups excluding carboxylic acids is 1. The number of benzene rings is 2. The number of ether oxygens (including phenoxy) is 1. The third-order valence-electron chi connectivity index (χ3n) is 3.92. The molecule has 0 radical (unpaired) electrons. The normalized spacial score (nSPS) is 10.7. The summed E-state index contributed by atoms with van der Waals surface area (Å²) in [7, 11) is 0. The zero-order valence-corrected chi connectivity index (χ0v) is 15.6. The molecule has 0 aliphatic carbocycles. The number of hydrogen-bond donors (Lipinski definition) is 1. The third-order valence-corrected chi connectivity index (χ3v) is 4.85. The maximum absolute atomic E-state index is 12.5. The number of hydrogen-bond acceptors (Lipinski definition) is 4. The van der Waals surface area contributed by atoms with Crippen LogP contribution in [0.15, 0.2) is 55.1 Å². The van der Waals surface area contributed by atoms with Crippen molar-refractivity contribution in [1.82, 2.24) is 4.98 Å². The minimum Gasteiger partial charge on any atom is -0.494 e. The van der Waals surface area contributed by atoms with E-state index >= 15 is 0 Å². The molecule has 0 unspecified atom stereocenters. The molecule has 0 aliphatic heterocycles. The van der Waals surface area contributed by atoms with Gasteiger partial charge in [-0.25, -0.2) is 4.98 Å². The highest BCUT2D eigenvalue weighted by Crippen LogP contribution is 2.24. The molecule has 26 heavy (non-hydrogen) atoms. The minimum absolute atomic E-state index is 0.138. The van der Waals surface area contributed by atoms with Gasteiger partial charge in [0.15, 0.2) is 0 Å². The second-order valence-corrected chi connectivity index (χ2v) is 7.27. The van der Waals surface area contributed by atoms with E-state index in [4.69, 9.17) is 4.74 Å². The lowest BCUT2D eigenvalue weighted by molar-refractivity contribution is 0.102. The van der Waals surface area contributed by atoms with Crippen molar-refractivity contribution in [2.45, 2.75) is 26.2 Å². The molecule has 0 saturated heterocycles. The predicted octanol–water partition coefficient (Wildman–Crippen LogP) is 5.59. The molecule has 0 bridgehead atoms. The number of amides is 1. The Hall–Kier alpha value is -2.66. The number of fused-ring (bicyclic) bond motifs is 1. The maximum atomic E-state index is 12.5. The Balaban J connectivity index is 1.62. The van der Waals surface area contributed by atoms with Crippen LogP contribution in [0.25, 0.3) is 10.2 Å². The summed E-state index contributed by atoms with van der Waals surface area (Å²) >= 11 is 1.59. The van der Waals surface area contributed by atoms with Gasteiger partial charge in [-0.2, -0.15) is 0 Å². The van der Waals surface area contributed by atoms with Gasteiger partial charge in [-0.05, 0) is 56.5 Å². The zero-order chi connectivity index (χ0) is 18.4. The van der Waals surface area contributed by atoms with Crippen molar-refractivity contribution in [2.24, 2.45) is 0 Å². The smallest absolute Gasteiger partial charge is 0.255 e. The average Bonchev–Trinajstić information content (AvgIpc) is 3.01. The van der Waals surface area contributed by atoms with Crippen LogP contribution in [0.3, 0.4) is 0 Å². The van der Waals surface area contributed by atoms with Crippen molar-refractivity contribution in [3.05, 3.63) is 65.7 Å². The van der Waals surface area contributed by atoms with E-state index in [0.29, 0.717) is 12.2 Å². The molecule has 3 aromatic rings. The van der Waals surface area contributed by atoms with Crippen LogP contribution >= 0.6 is 11.3 Å². The van der Waals surface area contributed by atoms with E-state index in [0.717, 1.165) is 45.9 Å². The highest BCUT2D eigenvalue weighted by atomic mass is 32.1. The van der Waals surface area contributed by atoms with Crippen LogP contribution in [0.5, 0.6) is 5.75 Å². The van der Waals surface area contributed by atoms with Gasteiger partial charge in [0, 0.05) is 17.3 Å². The number of aromatic nitrogens is 1. The number of thiazole rings is 1. The van der Waals surface area contributed by atoms with E-state index in [1.807, 2.05) is 49.4 Å². The zero-order valence-electron chi connectivity index (χ0n) is 14.8. The fourth-order valence-corrected chi connectivity index (χ4v) is 3.50. The molecule has 2 aromatic carbocycles. The molecule has 1 aromatic heterocycles. The molecule has 0 saturated carbocycles. The lowest BCUT2D eigenvalue weighted by atomic mass is 10.2. The van der Waals surface area contributed by atoms with Gasteiger partial charge in [-0.3, -0.25) is 4.79 Å². The molecule has 0 fully saturated rings. The van der Waals surface area contributed by atoms with Crippen molar-refractivity contribution in [1.29, 1.82) is 0 Å². The Morgan fingerprint density at radius 3 is 3.00 bits per heavy atom. The summed E-state index contributed by atoms with van der Waals surface area (Å²) in [6, 6.07) is 13.1. The Bertz CT molecular complexity index is 917. The highest BCUT2D eigenvalue weighted by molar-refractivity contribution is 7.18. The first-order chi connectivity index (χ1) is 12.7. The summed E-state index contributed by atoms with van der Waals surface area (Å²) in [6.07, 6.45) is 4.97. The molecule has 1 N–H and O–H groups in total. The first-order valence-electron chi connectivity index (χ1n) is 8.68. The molecular weight excluding hydrogens is 344 g/mol. The largest absolute Gasteiger partial charge is 0.494 e. The van der Waals surface area contributed by atoms with Crippen LogP contribution < -0.4 is 10.1 Å². The molecule has 3 rings (SSSR count).